The molecule has 0 aliphatic carbocycles. The number of amides is 2. The Morgan fingerprint density at radius 3 is 2.48 bits per heavy atom. The van der Waals surface area contributed by atoms with Gasteiger partial charge in [0.05, 0.1) is 19.4 Å². The minimum absolute atomic E-state index is 0.0263. The largest absolute Gasteiger partial charge is 0.494 e. The molecule has 0 radical (unpaired) electrons. The van der Waals surface area contributed by atoms with Crippen molar-refractivity contribution in [1.82, 2.24) is 5.43 Å². The van der Waals surface area contributed by atoms with Crippen LogP contribution in [-0.4, -0.2) is 31.2 Å². The van der Waals surface area contributed by atoms with Crippen LogP contribution in [-0.2, 0) is 9.59 Å². The number of benzene rings is 2. The Morgan fingerprint density at radius 2 is 1.77 bits per heavy atom. The van der Waals surface area contributed by atoms with E-state index < -0.39 is 0 Å². The van der Waals surface area contributed by atoms with Gasteiger partial charge in [-0.05, 0) is 55.8 Å². The number of carbonyl (C=O) groups is 2. The standard InChI is InChI=1S/C23H28BrN3O4/c1-3-5-14-31-21-11-6-18(24)15-17(21)16-25-27-23(29)13-12-22(28)26-19-7-9-20(10-8-19)30-4-2/h6-11,15-16H,3-5,12-14H2,1-2H3,(H,26,28)(H,27,29). The minimum Gasteiger partial charge on any atom is -0.494 e. The molecule has 0 saturated carbocycles. The van der Waals surface area contributed by atoms with E-state index in [2.05, 4.69) is 38.7 Å². The van der Waals surface area contributed by atoms with Gasteiger partial charge in [-0.15, -0.1) is 0 Å². The summed E-state index contributed by atoms with van der Waals surface area (Å²) in [5, 5.41) is 6.74. The van der Waals surface area contributed by atoms with Crippen LogP contribution in [0.1, 0.15) is 45.1 Å². The Hall–Kier alpha value is -2.87. The lowest BCUT2D eigenvalue weighted by molar-refractivity contribution is -0.124. The van der Waals surface area contributed by atoms with E-state index in [1.165, 1.54) is 6.21 Å². The Kier molecular flexibility index (Phi) is 10.6. The average molecular weight is 490 g/mol. The summed E-state index contributed by atoms with van der Waals surface area (Å²) >= 11 is 3.42. The van der Waals surface area contributed by atoms with Crippen molar-refractivity contribution in [3.8, 4) is 11.5 Å². The van der Waals surface area contributed by atoms with Crippen molar-refractivity contribution in [3.63, 3.8) is 0 Å². The molecule has 0 heterocycles. The van der Waals surface area contributed by atoms with Gasteiger partial charge in [-0.1, -0.05) is 29.3 Å². The average Bonchev–Trinajstić information content (AvgIpc) is 2.75. The first kappa shape index (κ1) is 24.4. The molecule has 2 aromatic rings. The number of ether oxygens (including phenoxy) is 2. The van der Waals surface area contributed by atoms with Crippen LogP contribution in [0.15, 0.2) is 52.0 Å². The molecule has 0 spiro atoms. The SMILES string of the molecule is CCCCOc1ccc(Br)cc1C=NNC(=O)CCC(=O)Nc1ccc(OCC)cc1. The van der Waals surface area contributed by atoms with Crippen LogP contribution < -0.4 is 20.2 Å². The predicted molar refractivity (Wildman–Crippen MR) is 126 cm³/mol. The van der Waals surface area contributed by atoms with E-state index in [9.17, 15) is 9.59 Å². The van der Waals surface area contributed by atoms with Crippen LogP contribution in [0, 0.1) is 0 Å². The zero-order valence-corrected chi connectivity index (χ0v) is 19.4. The molecule has 0 unspecified atom stereocenters. The van der Waals surface area contributed by atoms with Gasteiger partial charge in [-0.3, -0.25) is 9.59 Å². The molecule has 0 aliphatic heterocycles. The van der Waals surface area contributed by atoms with Gasteiger partial charge >= 0.3 is 0 Å². The molecule has 2 rings (SSSR count). The Bertz CT molecular complexity index is 885. The van der Waals surface area contributed by atoms with E-state index in [0.29, 0.717) is 24.7 Å². The number of nitrogens with zero attached hydrogens (tertiary/aromatic N) is 1. The number of nitrogens with one attached hydrogen (secondary N) is 2. The summed E-state index contributed by atoms with van der Waals surface area (Å²) in [6.45, 7) is 5.21. The topological polar surface area (TPSA) is 89.0 Å². The number of anilines is 1. The molecule has 2 amide bonds. The van der Waals surface area contributed by atoms with E-state index in [1.54, 1.807) is 24.3 Å². The smallest absolute Gasteiger partial charge is 0.240 e. The van der Waals surface area contributed by atoms with Crippen molar-refractivity contribution in [2.45, 2.75) is 39.5 Å². The van der Waals surface area contributed by atoms with E-state index in [1.807, 2.05) is 25.1 Å². The maximum atomic E-state index is 12.0. The molecule has 2 N–H and O–H groups in total. The summed E-state index contributed by atoms with van der Waals surface area (Å²) in [5.41, 5.74) is 3.85. The number of halogens is 1. The predicted octanol–water partition coefficient (Wildman–Crippen LogP) is 4.90. The first-order chi connectivity index (χ1) is 15.0. The Morgan fingerprint density at radius 1 is 1.03 bits per heavy atom. The summed E-state index contributed by atoms with van der Waals surface area (Å²) in [6, 6.07) is 12.7. The molecular weight excluding hydrogens is 462 g/mol. The lowest BCUT2D eigenvalue weighted by Crippen LogP contribution is -2.20. The van der Waals surface area contributed by atoms with E-state index in [4.69, 9.17) is 9.47 Å². The fourth-order valence-corrected chi connectivity index (χ4v) is 2.94. The second-order valence-corrected chi connectivity index (χ2v) is 7.60. The fourth-order valence-electron chi connectivity index (χ4n) is 2.56. The van der Waals surface area contributed by atoms with Crippen molar-refractivity contribution in [2.75, 3.05) is 18.5 Å². The lowest BCUT2D eigenvalue weighted by Gasteiger charge is -2.09. The normalized spacial score (nSPS) is 10.7. The van der Waals surface area contributed by atoms with Gasteiger partial charge in [0.15, 0.2) is 0 Å². The highest BCUT2D eigenvalue weighted by molar-refractivity contribution is 9.10. The van der Waals surface area contributed by atoms with Gasteiger partial charge < -0.3 is 14.8 Å². The zero-order chi connectivity index (χ0) is 22.5. The third-order valence-corrected chi connectivity index (χ3v) is 4.64. The summed E-state index contributed by atoms with van der Waals surface area (Å²) in [7, 11) is 0. The first-order valence-corrected chi connectivity index (χ1v) is 11.1. The maximum absolute atomic E-state index is 12.0. The van der Waals surface area contributed by atoms with Gasteiger partial charge in [-0.25, -0.2) is 5.43 Å². The molecule has 2 aromatic carbocycles. The minimum atomic E-state index is -0.346. The number of rotatable bonds is 12. The Labute approximate surface area is 191 Å². The first-order valence-electron chi connectivity index (χ1n) is 10.3. The summed E-state index contributed by atoms with van der Waals surface area (Å²) in [5.74, 6) is 0.843. The zero-order valence-electron chi connectivity index (χ0n) is 17.8. The summed E-state index contributed by atoms with van der Waals surface area (Å²) < 4.78 is 12.0. The number of carbonyl (C=O) groups excluding carboxylic acids is 2. The number of hydrazone groups is 1. The molecule has 8 heteroatoms. The van der Waals surface area contributed by atoms with Gasteiger partial charge in [-0.2, -0.15) is 5.10 Å². The fraction of sp³-hybridized carbons (Fsp3) is 0.348. The third-order valence-electron chi connectivity index (χ3n) is 4.15. The van der Waals surface area contributed by atoms with Crippen molar-refractivity contribution in [2.24, 2.45) is 5.10 Å². The van der Waals surface area contributed by atoms with Crippen molar-refractivity contribution in [3.05, 3.63) is 52.5 Å². The highest BCUT2D eigenvalue weighted by atomic mass is 79.9. The van der Waals surface area contributed by atoms with Crippen LogP contribution in [0.25, 0.3) is 0 Å². The second kappa shape index (κ2) is 13.4. The van der Waals surface area contributed by atoms with Crippen LogP contribution in [0.3, 0.4) is 0 Å². The van der Waals surface area contributed by atoms with Crippen molar-refractivity contribution < 1.29 is 19.1 Å². The van der Waals surface area contributed by atoms with Gasteiger partial charge in [0.1, 0.15) is 11.5 Å². The van der Waals surface area contributed by atoms with Crippen LogP contribution in [0.5, 0.6) is 11.5 Å². The molecule has 0 aromatic heterocycles. The van der Waals surface area contributed by atoms with Crippen LogP contribution >= 0.6 is 15.9 Å². The van der Waals surface area contributed by atoms with Gasteiger partial charge in [0, 0.05) is 28.6 Å². The molecule has 166 valence electrons. The van der Waals surface area contributed by atoms with E-state index >= 15 is 0 Å². The molecular formula is C23H28BrN3O4. The third kappa shape index (κ3) is 9.21. The van der Waals surface area contributed by atoms with Gasteiger partial charge in [0.25, 0.3) is 0 Å². The highest BCUT2D eigenvalue weighted by Gasteiger charge is 2.08. The lowest BCUT2D eigenvalue weighted by atomic mass is 10.2. The molecule has 31 heavy (non-hydrogen) atoms. The Balaban J connectivity index is 1.79. The molecule has 7 nitrogen and oxygen atoms in total. The number of unbranched alkanes of at least 4 members (excludes halogenated alkanes) is 1. The van der Waals surface area contributed by atoms with Crippen molar-refractivity contribution >= 4 is 39.6 Å². The number of hydrogen-bond donors (Lipinski definition) is 2. The van der Waals surface area contributed by atoms with Crippen LogP contribution in [0.2, 0.25) is 0 Å². The van der Waals surface area contributed by atoms with Crippen molar-refractivity contribution in [1.29, 1.82) is 0 Å². The maximum Gasteiger partial charge on any atom is 0.240 e. The second-order valence-electron chi connectivity index (χ2n) is 6.68. The van der Waals surface area contributed by atoms with E-state index in [-0.39, 0.29) is 24.7 Å². The highest BCUT2D eigenvalue weighted by Crippen LogP contribution is 2.22. The van der Waals surface area contributed by atoms with Gasteiger partial charge in [0.2, 0.25) is 11.8 Å². The molecule has 0 bridgehead atoms. The number of hydrogen-bond acceptors (Lipinski definition) is 5. The molecule has 0 saturated heterocycles. The molecule has 0 fully saturated rings. The monoisotopic (exact) mass is 489 g/mol. The molecule has 0 aliphatic rings. The van der Waals surface area contributed by atoms with Crippen LogP contribution in [0.4, 0.5) is 5.69 Å². The molecule has 0 atom stereocenters. The van der Waals surface area contributed by atoms with E-state index in [0.717, 1.165) is 28.6 Å². The quantitative estimate of drug-likeness (QED) is 0.252. The summed E-state index contributed by atoms with van der Waals surface area (Å²) in [6.07, 6.45) is 3.61. The summed E-state index contributed by atoms with van der Waals surface area (Å²) in [4.78, 5) is 24.1.